The van der Waals surface area contributed by atoms with E-state index in [1.54, 1.807) is 12.1 Å². The lowest BCUT2D eigenvalue weighted by Crippen LogP contribution is -2.63. The van der Waals surface area contributed by atoms with Crippen molar-refractivity contribution in [2.24, 2.45) is 0 Å². The third kappa shape index (κ3) is 6.28. The maximum absolute atomic E-state index is 13.0. The molecule has 9 heteroatoms. The molecule has 2 rings (SSSR count). The Morgan fingerprint density at radius 1 is 1.17 bits per heavy atom. The zero-order valence-electron chi connectivity index (χ0n) is 16.6. The van der Waals surface area contributed by atoms with E-state index < -0.39 is 29.3 Å². The quantitative estimate of drug-likeness (QED) is 0.549. The Bertz CT molecular complexity index is 746. The van der Waals surface area contributed by atoms with Crippen LogP contribution in [0.4, 0.5) is 4.79 Å². The molecule has 158 valence electrons. The van der Waals surface area contributed by atoms with Gasteiger partial charge in [-0.15, -0.1) is 0 Å². The first-order valence-electron chi connectivity index (χ1n) is 9.47. The van der Waals surface area contributed by atoms with E-state index in [9.17, 15) is 19.2 Å². The molecular formula is C20H27N3O6. The summed E-state index contributed by atoms with van der Waals surface area (Å²) in [7, 11) is 0. The van der Waals surface area contributed by atoms with Gasteiger partial charge in [0.25, 0.3) is 5.91 Å². The number of piperidine rings is 1. The van der Waals surface area contributed by atoms with Crippen LogP contribution in [0.5, 0.6) is 0 Å². The molecular weight excluding hydrogens is 378 g/mol. The van der Waals surface area contributed by atoms with Crippen LogP contribution in [-0.2, 0) is 25.7 Å². The number of hydrogen-bond acceptors (Lipinski definition) is 6. The van der Waals surface area contributed by atoms with Gasteiger partial charge < -0.3 is 25.4 Å². The van der Waals surface area contributed by atoms with E-state index in [0.29, 0.717) is 25.9 Å². The molecule has 0 unspecified atom stereocenters. The molecule has 1 saturated heterocycles. The normalized spacial score (nSPS) is 16.6. The van der Waals surface area contributed by atoms with Crippen LogP contribution in [0.2, 0.25) is 0 Å². The second-order valence-corrected chi connectivity index (χ2v) is 7.21. The third-order valence-corrected chi connectivity index (χ3v) is 5.02. The fourth-order valence-corrected chi connectivity index (χ4v) is 3.09. The van der Waals surface area contributed by atoms with E-state index >= 15 is 0 Å². The average molecular weight is 405 g/mol. The minimum Gasteiger partial charge on any atom is -0.480 e. The van der Waals surface area contributed by atoms with Crippen molar-refractivity contribution in [3.63, 3.8) is 0 Å². The van der Waals surface area contributed by atoms with Crippen molar-refractivity contribution in [3.05, 3.63) is 35.9 Å². The second-order valence-electron chi connectivity index (χ2n) is 7.21. The van der Waals surface area contributed by atoms with Gasteiger partial charge in [0.1, 0.15) is 6.61 Å². The first-order chi connectivity index (χ1) is 13.7. The summed E-state index contributed by atoms with van der Waals surface area (Å²) in [6, 6.07) is 9.05. The highest BCUT2D eigenvalue weighted by molar-refractivity contribution is 6.11. The van der Waals surface area contributed by atoms with E-state index in [-0.39, 0.29) is 19.2 Å². The predicted octanol–water partition coefficient (Wildman–Crippen LogP) is 0.926. The van der Waals surface area contributed by atoms with Crippen LogP contribution in [0, 0.1) is 0 Å². The second kappa shape index (κ2) is 10.0. The lowest BCUT2D eigenvalue weighted by atomic mass is 9.93. The number of nitrogens with one attached hydrogen (secondary N) is 2. The number of carbonyl (C=O) groups is 4. The molecule has 3 N–H and O–H groups in total. The number of likely N-dealkylation sites (tertiary alicyclic amines) is 1. The first kappa shape index (κ1) is 22.4. The van der Waals surface area contributed by atoms with E-state index in [0.717, 1.165) is 5.56 Å². The van der Waals surface area contributed by atoms with Crippen molar-refractivity contribution in [2.75, 3.05) is 19.6 Å². The van der Waals surface area contributed by atoms with Gasteiger partial charge >= 0.3 is 12.1 Å². The number of nitrogens with zero attached hydrogens (tertiary/aromatic N) is 1. The van der Waals surface area contributed by atoms with E-state index in [2.05, 4.69) is 10.6 Å². The highest BCUT2D eigenvalue weighted by Gasteiger charge is 2.43. The number of rotatable bonds is 8. The van der Waals surface area contributed by atoms with Crippen LogP contribution < -0.4 is 10.6 Å². The summed E-state index contributed by atoms with van der Waals surface area (Å²) >= 11 is 0. The fraction of sp³-hybridized carbons (Fsp3) is 0.500. The Morgan fingerprint density at radius 2 is 1.79 bits per heavy atom. The van der Waals surface area contributed by atoms with Gasteiger partial charge in [-0.05, 0) is 32.3 Å². The Hall–Kier alpha value is -2.94. The first-order valence-corrected chi connectivity index (χ1v) is 9.47. The van der Waals surface area contributed by atoms with Crippen molar-refractivity contribution in [2.45, 2.75) is 44.9 Å². The molecule has 0 bridgehead atoms. The van der Waals surface area contributed by atoms with Crippen molar-refractivity contribution >= 4 is 23.8 Å². The molecule has 1 aliphatic heterocycles. The fourth-order valence-electron chi connectivity index (χ4n) is 3.09. The maximum atomic E-state index is 13.0. The molecule has 0 aromatic heterocycles. The van der Waals surface area contributed by atoms with Gasteiger partial charge in [0.2, 0.25) is 0 Å². The van der Waals surface area contributed by atoms with E-state index in [4.69, 9.17) is 9.84 Å². The molecule has 1 atom stereocenters. The highest BCUT2D eigenvalue weighted by Crippen LogP contribution is 2.17. The number of ketones is 1. The molecule has 0 saturated carbocycles. The molecule has 1 fully saturated rings. The summed E-state index contributed by atoms with van der Waals surface area (Å²) in [5.41, 5.74) is -0.941. The number of carboxylic acid groups (broad SMARTS) is 1. The minimum absolute atomic E-state index is 0.0115. The summed E-state index contributed by atoms with van der Waals surface area (Å²) < 4.78 is 5.14. The smallest absolute Gasteiger partial charge is 0.408 e. The third-order valence-electron chi connectivity index (χ3n) is 5.02. The summed E-state index contributed by atoms with van der Waals surface area (Å²) in [5.74, 6) is -1.94. The van der Waals surface area contributed by atoms with Crippen LogP contribution >= 0.6 is 0 Å². The standard InChI is InChI=1S/C20H27N3O6/c1-14(24)20(2,22-19(28)29-13-15-6-4-3-5-7-15)18(27)23-10-8-16(9-11-23)21-12-17(25)26/h3-7,16,21H,8-13H2,1-2H3,(H,22,28)(H,25,26)/t20-/m0/s1. The van der Waals surface area contributed by atoms with Crippen LogP contribution in [0.3, 0.4) is 0 Å². The maximum Gasteiger partial charge on any atom is 0.408 e. The number of benzene rings is 1. The zero-order chi connectivity index (χ0) is 21.4. The van der Waals surface area contributed by atoms with E-state index in [1.807, 2.05) is 18.2 Å². The molecule has 1 aliphatic rings. The summed E-state index contributed by atoms with van der Waals surface area (Å²) in [6.45, 7) is 3.22. The van der Waals surface area contributed by atoms with Crippen LogP contribution in [-0.4, -0.2) is 65.0 Å². The molecule has 9 nitrogen and oxygen atoms in total. The molecule has 0 radical (unpaired) electrons. The molecule has 0 spiro atoms. The molecule has 1 aromatic rings. The Morgan fingerprint density at radius 3 is 2.34 bits per heavy atom. The van der Waals surface area contributed by atoms with Crippen molar-refractivity contribution in [3.8, 4) is 0 Å². The van der Waals surface area contributed by atoms with Gasteiger partial charge in [-0.1, -0.05) is 30.3 Å². The summed E-state index contributed by atoms with van der Waals surface area (Å²) in [6.07, 6.45) is 0.273. The van der Waals surface area contributed by atoms with Crippen molar-refractivity contribution < 1.29 is 29.0 Å². The van der Waals surface area contributed by atoms with Gasteiger partial charge in [-0.3, -0.25) is 14.4 Å². The SMILES string of the molecule is CC(=O)[C@](C)(NC(=O)OCc1ccccc1)C(=O)N1CCC(NCC(=O)O)CC1. The molecule has 1 heterocycles. The van der Waals surface area contributed by atoms with Crippen LogP contribution in [0.25, 0.3) is 0 Å². The molecule has 29 heavy (non-hydrogen) atoms. The van der Waals surface area contributed by atoms with Crippen LogP contribution in [0.1, 0.15) is 32.3 Å². The largest absolute Gasteiger partial charge is 0.480 e. The topological polar surface area (TPSA) is 125 Å². The monoisotopic (exact) mass is 405 g/mol. The highest BCUT2D eigenvalue weighted by atomic mass is 16.5. The van der Waals surface area contributed by atoms with Gasteiger partial charge in [0.05, 0.1) is 6.54 Å². The number of amides is 2. The Balaban J connectivity index is 1.92. The minimum atomic E-state index is -1.73. The Kier molecular flexibility index (Phi) is 7.72. The van der Waals surface area contributed by atoms with Gasteiger partial charge in [0.15, 0.2) is 11.3 Å². The lowest BCUT2D eigenvalue weighted by Gasteiger charge is -2.37. The molecule has 2 amide bonds. The van der Waals surface area contributed by atoms with E-state index in [1.165, 1.54) is 18.7 Å². The van der Waals surface area contributed by atoms with Gasteiger partial charge in [-0.2, -0.15) is 0 Å². The van der Waals surface area contributed by atoms with Crippen LogP contribution in [0.15, 0.2) is 30.3 Å². The molecule has 1 aromatic carbocycles. The van der Waals surface area contributed by atoms with Gasteiger partial charge in [-0.25, -0.2) is 4.79 Å². The number of hydrogen-bond donors (Lipinski definition) is 3. The summed E-state index contributed by atoms with van der Waals surface area (Å²) in [4.78, 5) is 49.5. The lowest BCUT2D eigenvalue weighted by molar-refractivity contribution is -0.144. The Labute approximate surface area is 169 Å². The zero-order valence-corrected chi connectivity index (χ0v) is 16.6. The number of ether oxygens (including phenoxy) is 1. The van der Waals surface area contributed by atoms with Gasteiger partial charge in [0, 0.05) is 19.1 Å². The number of Topliss-reactive ketones (excluding diaryl/α,β-unsaturated/α-hetero) is 1. The molecule has 0 aliphatic carbocycles. The number of carboxylic acids is 1. The number of aliphatic carboxylic acids is 1. The number of carbonyl (C=O) groups excluding carboxylic acids is 3. The van der Waals surface area contributed by atoms with Crippen molar-refractivity contribution in [1.82, 2.24) is 15.5 Å². The van der Waals surface area contributed by atoms with Crippen molar-refractivity contribution in [1.29, 1.82) is 0 Å². The predicted molar refractivity (Wildman–Crippen MR) is 104 cm³/mol. The summed E-state index contributed by atoms with van der Waals surface area (Å²) in [5, 5.41) is 14.1. The number of alkyl carbamates (subject to hydrolysis) is 1. The average Bonchev–Trinajstić information content (AvgIpc) is 2.71.